The second-order valence-electron chi connectivity index (χ2n) is 6.74. The van der Waals surface area contributed by atoms with Gasteiger partial charge in [-0.25, -0.2) is 13.1 Å². The molecule has 0 heterocycles. The Labute approximate surface area is 144 Å². The van der Waals surface area contributed by atoms with Crippen LogP contribution in [-0.4, -0.2) is 21.1 Å². The van der Waals surface area contributed by atoms with Crippen molar-refractivity contribution < 1.29 is 13.2 Å². The van der Waals surface area contributed by atoms with E-state index in [4.69, 9.17) is 4.74 Å². The number of methoxy groups -OCH3 is 1. The summed E-state index contributed by atoms with van der Waals surface area (Å²) in [6.07, 6.45) is 0.612. The van der Waals surface area contributed by atoms with E-state index < -0.39 is 15.6 Å². The smallest absolute Gasteiger partial charge is 0.241 e. The first kappa shape index (κ1) is 18.5. The molecular formula is C19H25NO3S. The Bertz CT molecular complexity index is 789. The van der Waals surface area contributed by atoms with Crippen LogP contribution in [0, 0.1) is 13.8 Å². The number of benzene rings is 2. The van der Waals surface area contributed by atoms with Crippen molar-refractivity contribution in [1.29, 1.82) is 0 Å². The van der Waals surface area contributed by atoms with Gasteiger partial charge >= 0.3 is 0 Å². The maximum atomic E-state index is 12.9. The number of hydrogen-bond donors (Lipinski definition) is 1. The Hall–Kier alpha value is -1.85. The van der Waals surface area contributed by atoms with Crippen LogP contribution >= 0.6 is 0 Å². The van der Waals surface area contributed by atoms with Crippen LogP contribution in [0.25, 0.3) is 0 Å². The third-order valence-corrected chi connectivity index (χ3v) is 5.84. The maximum Gasteiger partial charge on any atom is 0.241 e. The minimum atomic E-state index is -3.63. The predicted molar refractivity (Wildman–Crippen MR) is 97.0 cm³/mol. The minimum Gasteiger partial charge on any atom is -0.497 e. The van der Waals surface area contributed by atoms with Crippen LogP contribution in [0.2, 0.25) is 0 Å². The van der Waals surface area contributed by atoms with Gasteiger partial charge in [-0.15, -0.1) is 0 Å². The highest BCUT2D eigenvalue weighted by molar-refractivity contribution is 7.89. The van der Waals surface area contributed by atoms with Gasteiger partial charge in [0, 0.05) is 5.54 Å². The summed E-state index contributed by atoms with van der Waals surface area (Å²) < 4.78 is 33.9. The molecule has 0 aliphatic carbocycles. The van der Waals surface area contributed by atoms with Gasteiger partial charge < -0.3 is 4.74 Å². The van der Waals surface area contributed by atoms with Gasteiger partial charge in [0.05, 0.1) is 12.0 Å². The molecule has 0 bridgehead atoms. The molecule has 0 fully saturated rings. The molecule has 0 spiro atoms. The number of nitrogens with one attached hydrogen (secondary N) is 1. The van der Waals surface area contributed by atoms with E-state index in [-0.39, 0.29) is 0 Å². The molecule has 0 saturated heterocycles. The topological polar surface area (TPSA) is 55.4 Å². The van der Waals surface area contributed by atoms with E-state index in [2.05, 4.69) is 4.72 Å². The Kier molecular flexibility index (Phi) is 5.35. The van der Waals surface area contributed by atoms with Gasteiger partial charge in [-0.2, -0.15) is 0 Å². The standard InChI is InChI=1S/C19H25NO3S/c1-14-11-17(23-5)12-15(2)18(14)24(21,22)20-19(3,4)13-16-9-7-6-8-10-16/h6-12,20H,13H2,1-5H3. The quantitative estimate of drug-likeness (QED) is 0.868. The average molecular weight is 347 g/mol. The molecule has 2 rings (SSSR count). The van der Waals surface area contributed by atoms with Crippen LogP contribution in [0.3, 0.4) is 0 Å². The van der Waals surface area contributed by atoms with Gasteiger partial charge in [0.1, 0.15) is 5.75 Å². The van der Waals surface area contributed by atoms with Crippen molar-refractivity contribution in [2.75, 3.05) is 7.11 Å². The number of ether oxygens (including phenoxy) is 1. The van der Waals surface area contributed by atoms with Crippen LogP contribution in [0.4, 0.5) is 0 Å². The van der Waals surface area contributed by atoms with E-state index in [1.54, 1.807) is 33.1 Å². The molecule has 0 aliphatic heterocycles. The monoisotopic (exact) mass is 347 g/mol. The molecule has 0 radical (unpaired) electrons. The summed E-state index contributed by atoms with van der Waals surface area (Å²) in [5.41, 5.74) is 1.84. The molecule has 0 saturated carbocycles. The molecular weight excluding hydrogens is 322 g/mol. The highest BCUT2D eigenvalue weighted by Gasteiger charge is 2.29. The molecule has 24 heavy (non-hydrogen) atoms. The summed E-state index contributed by atoms with van der Waals surface area (Å²) in [6.45, 7) is 7.36. The molecule has 2 aromatic carbocycles. The Morgan fingerprint density at radius 3 is 2.08 bits per heavy atom. The van der Waals surface area contributed by atoms with Crippen LogP contribution in [0.15, 0.2) is 47.4 Å². The van der Waals surface area contributed by atoms with Crippen molar-refractivity contribution in [1.82, 2.24) is 4.72 Å². The Balaban J connectivity index is 2.31. The lowest BCUT2D eigenvalue weighted by molar-refractivity contribution is 0.413. The molecule has 0 aromatic heterocycles. The highest BCUT2D eigenvalue weighted by atomic mass is 32.2. The zero-order chi connectivity index (χ0) is 18.0. The highest BCUT2D eigenvalue weighted by Crippen LogP contribution is 2.27. The second-order valence-corrected chi connectivity index (χ2v) is 8.36. The first-order valence-electron chi connectivity index (χ1n) is 7.88. The Morgan fingerprint density at radius 1 is 1.04 bits per heavy atom. The number of aryl methyl sites for hydroxylation is 2. The largest absolute Gasteiger partial charge is 0.497 e. The fourth-order valence-electron chi connectivity index (χ4n) is 3.01. The minimum absolute atomic E-state index is 0.324. The van der Waals surface area contributed by atoms with E-state index in [1.165, 1.54) is 0 Å². The third-order valence-electron chi connectivity index (χ3n) is 3.84. The number of hydrogen-bond acceptors (Lipinski definition) is 3. The Morgan fingerprint density at radius 2 is 1.58 bits per heavy atom. The zero-order valence-corrected chi connectivity index (χ0v) is 15.7. The summed E-state index contributed by atoms with van der Waals surface area (Å²) in [5, 5.41) is 0. The molecule has 0 atom stereocenters. The molecule has 5 heteroatoms. The van der Waals surface area contributed by atoms with Crippen molar-refractivity contribution in [3.8, 4) is 5.75 Å². The van der Waals surface area contributed by atoms with Gasteiger partial charge in [0.15, 0.2) is 0 Å². The van der Waals surface area contributed by atoms with Gasteiger partial charge in [-0.1, -0.05) is 30.3 Å². The van der Waals surface area contributed by atoms with Crippen LogP contribution in [0.5, 0.6) is 5.75 Å². The van der Waals surface area contributed by atoms with E-state index in [0.29, 0.717) is 28.2 Å². The zero-order valence-electron chi connectivity index (χ0n) is 14.9. The molecule has 4 nitrogen and oxygen atoms in total. The van der Waals surface area contributed by atoms with Crippen molar-refractivity contribution in [2.24, 2.45) is 0 Å². The predicted octanol–water partition coefficient (Wildman–Crippen LogP) is 3.61. The van der Waals surface area contributed by atoms with E-state index >= 15 is 0 Å². The lowest BCUT2D eigenvalue weighted by atomic mass is 9.96. The van der Waals surface area contributed by atoms with Gasteiger partial charge in [-0.05, 0) is 62.9 Å². The van der Waals surface area contributed by atoms with Crippen molar-refractivity contribution in [3.63, 3.8) is 0 Å². The van der Waals surface area contributed by atoms with E-state index in [9.17, 15) is 8.42 Å². The van der Waals surface area contributed by atoms with Crippen LogP contribution in [-0.2, 0) is 16.4 Å². The first-order valence-corrected chi connectivity index (χ1v) is 9.36. The normalized spacial score (nSPS) is 12.2. The third kappa shape index (κ3) is 4.36. The fourth-order valence-corrected chi connectivity index (χ4v) is 4.88. The first-order chi connectivity index (χ1) is 11.1. The molecule has 0 aliphatic rings. The van der Waals surface area contributed by atoms with Crippen molar-refractivity contribution in [3.05, 3.63) is 59.2 Å². The molecule has 0 amide bonds. The lowest BCUT2D eigenvalue weighted by Crippen LogP contribution is -2.45. The summed E-state index contributed by atoms with van der Waals surface area (Å²) in [5.74, 6) is 0.660. The summed E-state index contributed by atoms with van der Waals surface area (Å²) in [7, 11) is -2.06. The molecule has 1 N–H and O–H groups in total. The number of rotatable bonds is 6. The van der Waals surface area contributed by atoms with Crippen LogP contribution in [0.1, 0.15) is 30.5 Å². The van der Waals surface area contributed by atoms with E-state index in [1.807, 2.05) is 44.2 Å². The SMILES string of the molecule is COc1cc(C)c(S(=O)(=O)NC(C)(C)Cc2ccccc2)c(C)c1. The van der Waals surface area contributed by atoms with Gasteiger partial charge in [0.25, 0.3) is 0 Å². The lowest BCUT2D eigenvalue weighted by Gasteiger charge is -2.27. The second kappa shape index (κ2) is 6.95. The summed E-state index contributed by atoms with van der Waals surface area (Å²) in [6, 6.07) is 13.3. The van der Waals surface area contributed by atoms with Gasteiger partial charge in [-0.3, -0.25) is 0 Å². The van der Waals surface area contributed by atoms with Gasteiger partial charge in [0.2, 0.25) is 10.0 Å². The average Bonchev–Trinajstić information content (AvgIpc) is 2.45. The van der Waals surface area contributed by atoms with Crippen molar-refractivity contribution >= 4 is 10.0 Å². The van der Waals surface area contributed by atoms with E-state index in [0.717, 1.165) is 5.56 Å². The summed E-state index contributed by atoms with van der Waals surface area (Å²) >= 11 is 0. The summed E-state index contributed by atoms with van der Waals surface area (Å²) in [4.78, 5) is 0.324. The van der Waals surface area contributed by atoms with Crippen LogP contribution < -0.4 is 9.46 Å². The maximum absolute atomic E-state index is 12.9. The molecule has 0 unspecified atom stereocenters. The molecule has 130 valence electrons. The number of sulfonamides is 1. The molecule has 2 aromatic rings. The fraction of sp³-hybridized carbons (Fsp3) is 0.368. The van der Waals surface area contributed by atoms with Crippen molar-refractivity contribution in [2.45, 2.75) is 44.6 Å².